The standard InChI is InChI=1S/C32H50O6/c1-17-15-19-24(27(5,6)36-18(2)33)38-32(37-19)23(17)28(7)13-14-31-16-30(31)12-11-22(34)26(3,4)20(30)9-10-21(31)29(28,8)25(32)35/h17,19-25,34-35H,9-16H2,1-8H3/t17-,19-,20-,21+,22+,23-,24+,25-,28-,29-,30-,31+,32+/m1/s1. The number of aliphatic hydroxyl groups is 2. The zero-order valence-electron chi connectivity index (χ0n) is 24.8. The van der Waals surface area contributed by atoms with Crippen LogP contribution >= 0.6 is 0 Å². The Bertz CT molecular complexity index is 1070. The molecule has 0 aromatic carbocycles. The molecular weight excluding hydrogens is 480 g/mol. The summed E-state index contributed by atoms with van der Waals surface area (Å²) in [6.45, 7) is 17.0. The molecule has 3 spiro atoms. The van der Waals surface area contributed by atoms with Crippen molar-refractivity contribution in [2.24, 2.45) is 50.7 Å². The van der Waals surface area contributed by atoms with Gasteiger partial charge in [0.2, 0.25) is 0 Å². The fourth-order valence-electron chi connectivity index (χ4n) is 13.1. The molecule has 2 aliphatic heterocycles. The number of aliphatic hydroxyl groups excluding tert-OH is 2. The lowest BCUT2D eigenvalue weighted by Crippen LogP contribution is -2.60. The second-order valence-corrected chi connectivity index (χ2v) is 16.5. The van der Waals surface area contributed by atoms with Crippen LogP contribution in [0, 0.1) is 50.7 Å². The first kappa shape index (κ1) is 26.2. The van der Waals surface area contributed by atoms with E-state index in [1.807, 2.05) is 13.8 Å². The molecule has 0 aromatic heterocycles. The number of carbonyl (C=O) groups excluding carboxylic acids is 1. The molecule has 6 heteroatoms. The van der Waals surface area contributed by atoms with Crippen LogP contribution in [0.3, 0.4) is 0 Å². The maximum atomic E-state index is 12.6. The van der Waals surface area contributed by atoms with Crippen LogP contribution in [-0.4, -0.2) is 52.0 Å². The van der Waals surface area contributed by atoms with E-state index in [2.05, 4.69) is 34.6 Å². The molecule has 7 rings (SSSR count). The zero-order chi connectivity index (χ0) is 27.5. The molecular formula is C32H50O6. The minimum Gasteiger partial charge on any atom is -0.457 e. The third-order valence-corrected chi connectivity index (χ3v) is 14.6. The van der Waals surface area contributed by atoms with Crippen molar-refractivity contribution in [3.05, 3.63) is 0 Å². The highest BCUT2D eigenvalue weighted by Gasteiger charge is 2.88. The maximum absolute atomic E-state index is 12.6. The molecule has 5 aliphatic carbocycles. The molecule has 0 aromatic rings. The highest BCUT2D eigenvalue weighted by atomic mass is 16.8. The van der Waals surface area contributed by atoms with E-state index in [9.17, 15) is 15.0 Å². The molecule has 2 heterocycles. The number of ether oxygens (including phenoxy) is 3. The normalized spacial score (nSPS) is 59.6. The fraction of sp³-hybridized carbons (Fsp3) is 0.969. The lowest BCUT2D eigenvalue weighted by Gasteiger charge is -2.63. The average molecular weight is 531 g/mol. The summed E-state index contributed by atoms with van der Waals surface area (Å²) in [6.07, 6.45) is 7.12. The van der Waals surface area contributed by atoms with E-state index in [0.717, 1.165) is 38.5 Å². The molecule has 2 bridgehead atoms. The number of fused-ring (bicyclic) bond motifs is 4. The summed E-state index contributed by atoms with van der Waals surface area (Å²) >= 11 is 0. The molecule has 0 amide bonds. The van der Waals surface area contributed by atoms with Crippen LogP contribution in [0.4, 0.5) is 0 Å². The van der Waals surface area contributed by atoms with Gasteiger partial charge in [0.1, 0.15) is 17.8 Å². The van der Waals surface area contributed by atoms with Crippen molar-refractivity contribution in [1.29, 1.82) is 0 Å². The van der Waals surface area contributed by atoms with Gasteiger partial charge in [0.25, 0.3) is 0 Å². The van der Waals surface area contributed by atoms with E-state index >= 15 is 0 Å². The Labute approximate surface area is 228 Å². The highest BCUT2D eigenvalue weighted by Crippen LogP contribution is 2.90. The van der Waals surface area contributed by atoms with Crippen molar-refractivity contribution >= 4 is 5.97 Å². The van der Waals surface area contributed by atoms with Gasteiger partial charge in [0.05, 0.1) is 12.2 Å². The third kappa shape index (κ3) is 2.61. The van der Waals surface area contributed by atoms with Crippen molar-refractivity contribution in [3.8, 4) is 0 Å². The Morgan fingerprint density at radius 1 is 0.947 bits per heavy atom. The summed E-state index contributed by atoms with van der Waals surface area (Å²) in [6, 6.07) is 0. The lowest BCUT2D eigenvalue weighted by atomic mass is 9.41. The predicted molar refractivity (Wildman–Crippen MR) is 142 cm³/mol. The SMILES string of the molecule is CC(=O)OC(C)(C)[C@H]1O[C@@]23O[C@@H]1C[C@@H](C)[C@@H]2[C@@]1(C)CC[C@@]24C[C@@]25CC[C@H](O)C(C)(C)[C@H]5CC[C@H]4[C@]1(C)[C@H]3O. The number of esters is 1. The van der Waals surface area contributed by atoms with Gasteiger partial charge in [-0.3, -0.25) is 4.79 Å². The van der Waals surface area contributed by atoms with Crippen LogP contribution in [0.1, 0.15) is 107 Å². The second kappa shape index (κ2) is 7.20. The molecule has 13 atom stereocenters. The van der Waals surface area contributed by atoms with E-state index < -0.39 is 23.6 Å². The van der Waals surface area contributed by atoms with Crippen LogP contribution in [0.2, 0.25) is 0 Å². The lowest BCUT2D eigenvalue weighted by molar-refractivity contribution is -0.283. The van der Waals surface area contributed by atoms with Crippen molar-refractivity contribution in [2.45, 2.75) is 143 Å². The first-order valence-electron chi connectivity index (χ1n) is 15.4. The quantitative estimate of drug-likeness (QED) is 0.476. The monoisotopic (exact) mass is 530 g/mol. The van der Waals surface area contributed by atoms with Crippen molar-refractivity contribution < 1.29 is 29.2 Å². The topological polar surface area (TPSA) is 85.2 Å². The maximum Gasteiger partial charge on any atom is 0.303 e. The predicted octanol–water partition coefficient (Wildman–Crippen LogP) is 5.23. The van der Waals surface area contributed by atoms with Gasteiger partial charge < -0.3 is 24.4 Å². The number of hydrogen-bond acceptors (Lipinski definition) is 6. The van der Waals surface area contributed by atoms with Gasteiger partial charge in [-0.15, -0.1) is 0 Å². The van der Waals surface area contributed by atoms with E-state index in [-0.39, 0.29) is 45.8 Å². The minimum absolute atomic E-state index is 0.0513. The van der Waals surface area contributed by atoms with Crippen LogP contribution in [0.5, 0.6) is 0 Å². The molecule has 214 valence electrons. The molecule has 38 heavy (non-hydrogen) atoms. The van der Waals surface area contributed by atoms with Crippen LogP contribution in [-0.2, 0) is 19.0 Å². The second-order valence-electron chi connectivity index (χ2n) is 16.5. The smallest absolute Gasteiger partial charge is 0.303 e. The Kier molecular flexibility index (Phi) is 4.97. The average Bonchev–Trinajstić information content (AvgIpc) is 3.33. The van der Waals surface area contributed by atoms with Crippen molar-refractivity contribution in [1.82, 2.24) is 0 Å². The summed E-state index contributed by atoms with van der Waals surface area (Å²) in [5, 5.41) is 23.6. The Morgan fingerprint density at radius 2 is 1.61 bits per heavy atom. The Morgan fingerprint density at radius 3 is 2.29 bits per heavy atom. The Balaban J connectivity index is 1.30. The highest BCUT2D eigenvalue weighted by molar-refractivity contribution is 5.66. The van der Waals surface area contributed by atoms with Gasteiger partial charge in [-0.2, -0.15) is 0 Å². The fourth-order valence-corrected chi connectivity index (χ4v) is 13.1. The molecule has 6 nitrogen and oxygen atoms in total. The molecule has 2 saturated heterocycles. The first-order valence-corrected chi connectivity index (χ1v) is 15.4. The molecule has 2 N–H and O–H groups in total. The first-order chi connectivity index (χ1) is 17.5. The van der Waals surface area contributed by atoms with Gasteiger partial charge in [-0.1, -0.05) is 34.6 Å². The van der Waals surface area contributed by atoms with E-state index in [0.29, 0.717) is 23.2 Å². The summed E-state index contributed by atoms with van der Waals surface area (Å²) in [5.41, 5.74) is -0.756. The van der Waals surface area contributed by atoms with Gasteiger partial charge in [-0.05, 0) is 105 Å². The minimum atomic E-state index is -1.06. The van der Waals surface area contributed by atoms with Crippen LogP contribution < -0.4 is 0 Å². The summed E-state index contributed by atoms with van der Waals surface area (Å²) in [4.78, 5) is 12.0. The molecule has 0 radical (unpaired) electrons. The molecule has 7 fully saturated rings. The van der Waals surface area contributed by atoms with E-state index in [1.165, 1.54) is 19.8 Å². The zero-order valence-corrected chi connectivity index (χ0v) is 24.8. The van der Waals surface area contributed by atoms with Crippen molar-refractivity contribution in [2.75, 3.05) is 0 Å². The molecule has 0 unspecified atom stereocenters. The van der Waals surface area contributed by atoms with E-state index in [1.54, 1.807) is 0 Å². The third-order valence-electron chi connectivity index (χ3n) is 14.6. The van der Waals surface area contributed by atoms with Gasteiger partial charge in [0, 0.05) is 18.3 Å². The molecule has 7 aliphatic rings. The number of rotatable bonds is 2. The van der Waals surface area contributed by atoms with Crippen LogP contribution in [0.25, 0.3) is 0 Å². The Hall–Kier alpha value is -0.690. The number of hydrogen-bond donors (Lipinski definition) is 2. The number of carbonyl (C=O) groups is 1. The van der Waals surface area contributed by atoms with Gasteiger partial charge >= 0.3 is 5.97 Å². The van der Waals surface area contributed by atoms with Crippen molar-refractivity contribution in [3.63, 3.8) is 0 Å². The summed E-state index contributed by atoms with van der Waals surface area (Å²) in [5.74, 6) is 0.0392. The van der Waals surface area contributed by atoms with Gasteiger partial charge in [0.15, 0.2) is 5.79 Å². The van der Waals surface area contributed by atoms with Gasteiger partial charge in [-0.25, -0.2) is 0 Å². The largest absolute Gasteiger partial charge is 0.457 e. The van der Waals surface area contributed by atoms with Crippen LogP contribution in [0.15, 0.2) is 0 Å². The van der Waals surface area contributed by atoms with E-state index in [4.69, 9.17) is 14.2 Å². The molecule has 5 saturated carbocycles. The summed E-state index contributed by atoms with van der Waals surface area (Å²) in [7, 11) is 0. The summed E-state index contributed by atoms with van der Waals surface area (Å²) < 4.78 is 19.6.